The molecule has 0 N–H and O–H groups in total. The van der Waals surface area contributed by atoms with Crippen LogP contribution < -0.4 is 0 Å². The molecule has 1 aromatic carbocycles. The number of halogens is 1. The minimum atomic E-state index is 0.649. The van der Waals surface area contributed by atoms with Crippen LogP contribution in [-0.4, -0.2) is 9.55 Å². The normalized spacial score (nSPS) is 10.1. The quantitative estimate of drug-likeness (QED) is 0.854. The lowest BCUT2D eigenvalue weighted by atomic mass is 10.2. The summed E-state index contributed by atoms with van der Waals surface area (Å²) < 4.78 is 2.87. The molecule has 1 aromatic heterocycles. The van der Waals surface area contributed by atoms with E-state index in [4.69, 9.17) is 5.26 Å². The summed E-state index contributed by atoms with van der Waals surface area (Å²) >= 11 is 5.01. The van der Waals surface area contributed by atoms with Crippen molar-refractivity contribution in [1.82, 2.24) is 9.55 Å². The van der Waals surface area contributed by atoms with Crippen molar-refractivity contribution in [2.24, 2.45) is 7.05 Å². The number of benzene rings is 1. The number of imidazole rings is 1. The second-order valence-corrected chi connectivity index (χ2v) is 5.04. The molecular weight excluding hydrogens is 286 g/mol. The SMILES string of the molecule is Cn1ccnc1Sc1ccc(C#N)cc1Br. The molecule has 0 saturated carbocycles. The summed E-state index contributed by atoms with van der Waals surface area (Å²) in [7, 11) is 1.95. The molecule has 0 spiro atoms. The first kappa shape index (κ1) is 11.2. The topological polar surface area (TPSA) is 41.6 Å². The van der Waals surface area contributed by atoms with Crippen molar-refractivity contribution >= 4 is 27.7 Å². The Hall–Kier alpha value is -1.25. The standard InChI is InChI=1S/C11H8BrN3S/c1-15-5-4-14-11(15)16-10-3-2-8(7-13)6-9(10)12/h2-6H,1H3. The highest BCUT2D eigenvalue weighted by Gasteiger charge is 2.06. The smallest absolute Gasteiger partial charge is 0.172 e. The van der Waals surface area contributed by atoms with Gasteiger partial charge in [0.05, 0.1) is 11.6 Å². The van der Waals surface area contributed by atoms with Gasteiger partial charge in [0.15, 0.2) is 5.16 Å². The molecule has 0 aliphatic heterocycles. The summed E-state index contributed by atoms with van der Waals surface area (Å²) in [6.45, 7) is 0. The molecule has 0 atom stereocenters. The van der Waals surface area contributed by atoms with Crippen LogP contribution in [-0.2, 0) is 7.05 Å². The molecule has 16 heavy (non-hydrogen) atoms. The number of rotatable bonds is 2. The molecule has 2 rings (SSSR count). The zero-order valence-electron chi connectivity index (χ0n) is 8.51. The maximum Gasteiger partial charge on any atom is 0.172 e. The Bertz CT molecular complexity index is 557. The molecule has 0 unspecified atom stereocenters. The van der Waals surface area contributed by atoms with Crippen LogP contribution >= 0.6 is 27.7 Å². The third-order valence-electron chi connectivity index (χ3n) is 2.04. The molecule has 2 aromatic rings. The van der Waals surface area contributed by atoms with Gasteiger partial charge in [-0.3, -0.25) is 0 Å². The first-order valence-corrected chi connectivity index (χ1v) is 6.16. The fraction of sp³-hybridized carbons (Fsp3) is 0.0909. The van der Waals surface area contributed by atoms with Crippen molar-refractivity contribution in [1.29, 1.82) is 5.26 Å². The molecule has 0 aliphatic carbocycles. The molecule has 3 nitrogen and oxygen atoms in total. The van der Waals surface area contributed by atoms with Crippen molar-refractivity contribution in [3.63, 3.8) is 0 Å². The number of hydrogen-bond acceptors (Lipinski definition) is 3. The monoisotopic (exact) mass is 293 g/mol. The maximum atomic E-state index is 8.76. The first-order chi connectivity index (χ1) is 7.70. The highest BCUT2D eigenvalue weighted by Crippen LogP contribution is 2.32. The van der Waals surface area contributed by atoms with E-state index in [1.165, 1.54) is 0 Å². The van der Waals surface area contributed by atoms with Gasteiger partial charge in [0.25, 0.3) is 0 Å². The Kier molecular flexibility index (Phi) is 3.32. The third kappa shape index (κ3) is 2.29. The van der Waals surface area contributed by atoms with E-state index in [9.17, 15) is 0 Å². The van der Waals surface area contributed by atoms with Crippen molar-refractivity contribution in [2.75, 3.05) is 0 Å². The average molecular weight is 294 g/mol. The average Bonchev–Trinajstić information content (AvgIpc) is 2.67. The second-order valence-electron chi connectivity index (χ2n) is 3.18. The fourth-order valence-corrected chi connectivity index (χ4v) is 2.63. The van der Waals surface area contributed by atoms with E-state index < -0.39 is 0 Å². The van der Waals surface area contributed by atoms with E-state index >= 15 is 0 Å². The summed E-state index contributed by atoms with van der Waals surface area (Å²) in [6, 6.07) is 7.64. The summed E-state index contributed by atoms with van der Waals surface area (Å²) in [6.07, 6.45) is 3.67. The first-order valence-electron chi connectivity index (χ1n) is 4.55. The lowest BCUT2D eigenvalue weighted by Crippen LogP contribution is -1.89. The minimum Gasteiger partial charge on any atom is -0.329 e. The second kappa shape index (κ2) is 4.73. The van der Waals surface area contributed by atoms with Gasteiger partial charge in [0.1, 0.15) is 0 Å². The number of nitriles is 1. The van der Waals surface area contributed by atoms with E-state index in [0.29, 0.717) is 5.56 Å². The van der Waals surface area contributed by atoms with E-state index in [1.54, 1.807) is 24.0 Å². The lowest BCUT2D eigenvalue weighted by Gasteiger charge is -2.04. The van der Waals surface area contributed by atoms with Crippen molar-refractivity contribution in [3.8, 4) is 6.07 Å². The fourth-order valence-electron chi connectivity index (χ4n) is 1.20. The third-order valence-corrected chi connectivity index (χ3v) is 4.11. The Balaban J connectivity index is 2.30. The number of nitrogens with zero attached hydrogens (tertiary/aromatic N) is 3. The Morgan fingerprint density at radius 1 is 1.50 bits per heavy atom. The van der Waals surface area contributed by atoms with Crippen LogP contribution in [0.15, 0.2) is 45.1 Å². The van der Waals surface area contributed by atoms with Crippen LogP contribution in [0, 0.1) is 11.3 Å². The van der Waals surface area contributed by atoms with E-state index in [-0.39, 0.29) is 0 Å². The summed E-state index contributed by atoms with van der Waals surface area (Å²) in [5, 5.41) is 9.68. The molecule has 0 fully saturated rings. The van der Waals surface area contributed by atoms with Gasteiger partial charge in [-0.2, -0.15) is 5.26 Å². The van der Waals surface area contributed by atoms with Gasteiger partial charge in [0, 0.05) is 28.8 Å². The van der Waals surface area contributed by atoms with Gasteiger partial charge in [-0.1, -0.05) is 11.8 Å². The van der Waals surface area contributed by atoms with Crippen LogP contribution in [0.5, 0.6) is 0 Å². The Morgan fingerprint density at radius 2 is 2.31 bits per heavy atom. The molecule has 0 radical (unpaired) electrons. The predicted octanol–water partition coefficient (Wildman–Crippen LogP) is 3.21. The lowest BCUT2D eigenvalue weighted by molar-refractivity contribution is 0.790. The van der Waals surface area contributed by atoms with Gasteiger partial charge >= 0.3 is 0 Å². The molecule has 1 heterocycles. The molecule has 0 amide bonds. The Labute approximate surface area is 106 Å². The molecule has 0 aliphatic rings. The maximum absolute atomic E-state index is 8.76. The van der Waals surface area contributed by atoms with Gasteiger partial charge in [0.2, 0.25) is 0 Å². The van der Waals surface area contributed by atoms with Crippen molar-refractivity contribution < 1.29 is 0 Å². The minimum absolute atomic E-state index is 0.649. The van der Waals surface area contributed by atoms with Crippen LogP contribution in [0.3, 0.4) is 0 Å². The summed E-state index contributed by atoms with van der Waals surface area (Å²) in [5.41, 5.74) is 0.649. The molecule has 80 valence electrons. The molecular formula is C11H8BrN3S. The van der Waals surface area contributed by atoms with Gasteiger partial charge in [-0.05, 0) is 34.1 Å². The van der Waals surface area contributed by atoms with Crippen LogP contribution in [0.4, 0.5) is 0 Å². The highest BCUT2D eigenvalue weighted by molar-refractivity contribution is 9.10. The number of aryl methyl sites for hydroxylation is 1. The summed E-state index contributed by atoms with van der Waals surface area (Å²) in [5.74, 6) is 0. The van der Waals surface area contributed by atoms with Gasteiger partial charge in [-0.15, -0.1) is 0 Å². The van der Waals surface area contributed by atoms with E-state index in [1.807, 2.05) is 29.9 Å². The van der Waals surface area contributed by atoms with E-state index in [0.717, 1.165) is 14.5 Å². The van der Waals surface area contributed by atoms with Crippen LogP contribution in [0.1, 0.15) is 5.56 Å². The molecule has 0 bridgehead atoms. The largest absolute Gasteiger partial charge is 0.329 e. The molecule has 0 saturated heterocycles. The Morgan fingerprint density at radius 3 is 2.88 bits per heavy atom. The highest BCUT2D eigenvalue weighted by atomic mass is 79.9. The number of aromatic nitrogens is 2. The summed E-state index contributed by atoms with van der Waals surface area (Å²) in [4.78, 5) is 5.28. The predicted molar refractivity (Wildman–Crippen MR) is 66.2 cm³/mol. The van der Waals surface area contributed by atoms with E-state index in [2.05, 4.69) is 27.0 Å². The molecule has 5 heteroatoms. The van der Waals surface area contributed by atoms with Gasteiger partial charge in [-0.25, -0.2) is 4.98 Å². The zero-order chi connectivity index (χ0) is 11.5. The van der Waals surface area contributed by atoms with Crippen LogP contribution in [0.25, 0.3) is 0 Å². The van der Waals surface area contributed by atoms with Crippen molar-refractivity contribution in [3.05, 3.63) is 40.6 Å². The number of hydrogen-bond donors (Lipinski definition) is 0. The van der Waals surface area contributed by atoms with Crippen LogP contribution in [0.2, 0.25) is 0 Å². The van der Waals surface area contributed by atoms with Crippen molar-refractivity contribution in [2.45, 2.75) is 10.1 Å². The van der Waals surface area contributed by atoms with Gasteiger partial charge < -0.3 is 4.57 Å². The zero-order valence-corrected chi connectivity index (χ0v) is 10.9.